The van der Waals surface area contributed by atoms with E-state index in [1.165, 1.54) is 11.1 Å². The summed E-state index contributed by atoms with van der Waals surface area (Å²) in [4.78, 5) is 0. The van der Waals surface area contributed by atoms with Gasteiger partial charge in [-0.15, -0.1) is 0 Å². The number of methoxy groups -OCH3 is 2. The fourth-order valence-electron chi connectivity index (χ4n) is 3.09. The Morgan fingerprint density at radius 2 is 1.00 bits per heavy atom. The van der Waals surface area contributed by atoms with Gasteiger partial charge >= 0.3 is 0 Å². The first kappa shape index (κ1) is 16.7. The molecule has 0 aliphatic heterocycles. The minimum absolute atomic E-state index is 0.443. The third-order valence-electron chi connectivity index (χ3n) is 4.21. The molecule has 2 aromatic rings. The van der Waals surface area contributed by atoms with Crippen LogP contribution in [0.15, 0.2) is 60.7 Å². The summed E-state index contributed by atoms with van der Waals surface area (Å²) in [5.41, 5.74) is 2.76. The normalized spacial score (nSPS) is 13.7. The lowest BCUT2D eigenvalue weighted by molar-refractivity contribution is 0.166. The fourth-order valence-corrected chi connectivity index (χ4v) is 3.09. The van der Waals surface area contributed by atoms with Gasteiger partial charge in [0.05, 0.1) is 0 Å². The highest BCUT2D eigenvalue weighted by atomic mass is 16.5. The van der Waals surface area contributed by atoms with Crippen LogP contribution in [0.3, 0.4) is 0 Å². The van der Waals surface area contributed by atoms with Gasteiger partial charge < -0.3 is 9.47 Å². The van der Waals surface area contributed by atoms with Gasteiger partial charge in [-0.25, -0.2) is 0 Å². The van der Waals surface area contributed by atoms with Gasteiger partial charge in [-0.1, -0.05) is 60.7 Å². The number of rotatable bonds is 9. The summed E-state index contributed by atoms with van der Waals surface area (Å²) in [5.74, 6) is 0.886. The van der Waals surface area contributed by atoms with Crippen LogP contribution in [0, 0.1) is 0 Å². The van der Waals surface area contributed by atoms with Crippen LogP contribution < -0.4 is 0 Å². The standard InChI is InChI=1S/C20H26O2/c1-21-15-13-19(17-9-5-3-6-10-17)20(14-16-22-2)18-11-7-4-8-12-18/h3-12,19-20H,13-16H2,1-2H3. The van der Waals surface area contributed by atoms with Crippen molar-refractivity contribution in [2.75, 3.05) is 27.4 Å². The van der Waals surface area contributed by atoms with Crippen molar-refractivity contribution < 1.29 is 9.47 Å². The summed E-state index contributed by atoms with van der Waals surface area (Å²) in [7, 11) is 3.55. The highest BCUT2D eigenvalue weighted by molar-refractivity contribution is 5.28. The van der Waals surface area contributed by atoms with E-state index in [-0.39, 0.29) is 0 Å². The van der Waals surface area contributed by atoms with Gasteiger partial charge in [0, 0.05) is 27.4 Å². The molecule has 0 aliphatic carbocycles. The summed E-state index contributed by atoms with van der Waals surface area (Å²) in [6.45, 7) is 1.55. The Hall–Kier alpha value is -1.64. The Bertz CT molecular complexity index is 460. The van der Waals surface area contributed by atoms with Crippen molar-refractivity contribution >= 4 is 0 Å². The van der Waals surface area contributed by atoms with E-state index in [0.29, 0.717) is 11.8 Å². The molecular formula is C20H26O2. The van der Waals surface area contributed by atoms with Gasteiger partial charge in [0.25, 0.3) is 0 Å². The summed E-state index contributed by atoms with van der Waals surface area (Å²) >= 11 is 0. The van der Waals surface area contributed by atoms with E-state index in [2.05, 4.69) is 60.7 Å². The molecule has 0 spiro atoms. The van der Waals surface area contributed by atoms with Crippen LogP contribution in [0.2, 0.25) is 0 Å². The zero-order valence-corrected chi connectivity index (χ0v) is 13.6. The van der Waals surface area contributed by atoms with Crippen molar-refractivity contribution in [3.8, 4) is 0 Å². The molecule has 2 aromatic carbocycles. The molecule has 2 atom stereocenters. The van der Waals surface area contributed by atoms with Gasteiger partial charge in [-0.2, -0.15) is 0 Å². The Morgan fingerprint density at radius 1 is 0.636 bits per heavy atom. The predicted molar refractivity (Wildman–Crippen MR) is 91.4 cm³/mol. The lowest BCUT2D eigenvalue weighted by atomic mass is 9.78. The van der Waals surface area contributed by atoms with Crippen LogP contribution >= 0.6 is 0 Å². The van der Waals surface area contributed by atoms with Crippen molar-refractivity contribution in [3.05, 3.63) is 71.8 Å². The molecular weight excluding hydrogens is 272 g/mol. The molecule has 118 valence electrons. The molecule has 0 heterocycles. The van der Waals surface area contributed by atoms with Crippen molar-refractivity contribution in [1.82, 2.24) is 0 Å². The first-order valence-corrected chi connectivity index (χ1v) is 7.94. The Balaban J connectivity index is 2.30. The molecule has 2 nitrogen and oxygen atoms in total. The van der Waals surface area contributed by atoms with E-state index >= 15 is 0 Å². The smallest absolute Gasteiger partial charge is 0.0468 e. The van der Waals surface area contributed by atoms with Crippen LogP contribution in [0.4, 0.5) is 0 Å². The average molecular weight is 298 g/mol. The van der Waals surface area contributed by atoms with Crippen molar-refractivity contribution in [2.24, 2.45) is 0 Å². The van der Waals surface area contributed by atoms with Crippen LogP contribution in [-0.2, 0) is 9.47 Å². The molecule has 2 unspecified atom stereocenters. The fraction of sp³-hybridized carbons (Fsp3) is 0.400. The highest BCUT2D eigenvalue weighted by Gasteiger charge is 2.24. The third kappa shape index (κ3) is 4.69. The number of benzene rings is 2. The van der Waals surface area contributed by atoms with Gasteiger partial charge in [-0.3, -0.25) is 0 Å². The summed E-state index contributed by atoms with van der Waals surface area (Å²) in [6, 6.07) is 21.5. The number of hydrogen-bond donors (Lipinski definition) is 0. The van der Waals surface area contributed by atoms with Gasteiger partial charge in [0.1, 0.15) is 0 Å². The summed E-state index contributed by atoms with van der Waals surface area (Å²) < 4.78 is 10.7. The first-order chi connectivity index (χ1) is 10.9. The van der Waals surface area contributed by atoms with Crippen molar-refractivity contribution in [3.63, 3.8) is 0 Å². The minimum atomic E-state index is 0.443. The van der Waals surface area contributed by atoms with E-state index in [4.69, 9.17) is 9.47 Å². The molecule has 2 rings (SSSR count). The molecule has 0 N–H and O–H groups in total. The number of ether oxygens (including phenoxy) is 2. The molecule has 0 saturated heterocycles. The molecule has 0 fully saturated rings. The molecule has 0 saturated carbocycles. The summed E-state index contributed by atoms with van der Waals surface area (Å²) in [6.07, 6.45) is 2.04. The molecule has 0 radical (unpaired) electrons. The second kappa shape index (κ2) is 9.39. The molecule has 0 aromatic heterocycles. The monoisotopic (exact) mass is 298 g/mol. The van der Waals surface area contributed by atoms with Gasteiger partial charge in [0.15, 0.2) is 0 Å². The van der Waals surface area contributed by atoms with E-state index in [1.807, 2.05) is 0 Å². The van der Waals surface area contributed by atoms with Crippen molar-refractivity contribution in [2.45, 2.75) is 24.7 Å². The zero-order valence-electron chi connectivity index (χ0n) is 13.6. The van der Waals surface area contributed by atoms with Crippen LogP contribution in [0.25, 0.3) is 0 Å². The van der Waals surface area contributed by atoms with Crippen LogP contribution in [0.5, 0.6) is 0 Å². The van der Waals surface area contributed by atoms with Crippen LogP contribution in [0.1, 0.15) is 35.8 Å². The molecule has 0 aliphatic rings. The largest absolute Gasteiger partial charge is 0.385 e. The maximum absolute atomic E-state index is 5.35. The predicted octanol–water partition coefficient (Wildman–Crippen LogP) is 4.63. The van der Waals surface area contributed by atoms with Crippen LogP contribution in [-0.4, -0.2) is 27.4 Å². The lowest BCUT2D eigenvalue weighted by Gasteiger charge is -2.28. The van der Waals surface area contributed by atoms with Gasteiger partial charge in [0.2, 0.25) is 0 Å². The van der Waals surface area contributed by atoms with Gasteiger partial charge in [-0.05, 0) is 35.8 Å². The first-order valence-electron chi connectivity index (χ1n) is 7.94. The summed E-state index contributed by atoms with van der Waals surface area (Å²) in [5, 5.41) is 0. The number of hydrogen-bond acceptors (Lipinski definition) is 2. The van der Waals surface area contributed by atoms with E-state index in [1.54, 1.807) is 14.2 Å². The second-order valence-electron chi connectivity index (χ2n) is 5.60. The van der Waals surface area contributed by atoms with E-state index in [9.17, 15) is 0 Å². The lowest BCUT2D eigenvalue weighted by Crippen LogP contribution is -2.15. The Kier molecular flexibility index (Phi) is 7.14. The highest BCUT2D eigenvalue weighted by Crippen LogP contribution is 2.38. The molecule has 2 heteroatoms. The molecule has 0 bridgehead atoms. The van der Waals surface area contributed by atoms with E-state index in [0.717, 1.165) is 26.1 Å². The Morgan fingerprint density at radius 3 is 1.32 bits per heavy atom. The SMILES string of the molecule is COCCC(c1ccccc1)C(CCOC)c1ccccc1. The zero-order chi connectivity index (χ0) is 15.6. The topological polar surface area (TPSA) is 18.5 Å². The molecule has 0 amide bonds. The minimum Gasteiger partial charge on any atom is -0.385 e. The second-order valence-corrected chi connectivity index (χ2v) is 5.60. The quantitative estimate of drug-likeness (QED) is 0.672. The Labute approximate surface area is 134 Å². The maximum atomic E-state index is 5.35. The maximum Gasteiger partial charge on any atom is 0.0468 e. The molecule has 22 heavy (non-hydrogen) atoms. The van der Waals surface area contributed by atoms with Crippen molar-refractivity contribution in [1.29, 1.82) is 0 Å². The third-order valence-corrected chi connectivity index (χ3v) is 4.21. The van der Waals surface area contributed by atoms with E-state index < -0.39 is 0 Å². The average Bonchev–Trinajstić information content (AvgIpc) is 2.59.